The predicted molar refractivity (Wildman–Crippen MR) is 82.4 cm³/mol. The van der Waals surface area contributed by atoms with Crippen molar-refractivity contribution in [1.82, 2.24) is 4.90 Å². The number of thiophene rings is 1. The van der Waals surface area contributed by atoms with Gasteiger partial charge in [0.2, 0.25) is 5.91 Å². The highest BCUT2D eigenvalue weighted by Crippen LogP contribution is 2.15. The van der Waals surface area contributed by atoms with E-state index in [1.165, 1.54) is 0 Å². The fourth-order valence-corrected chi connectivity index (χ4v) is 2.62. The van der Waals surface area contributed by atoms with E-state index < -0.39 is 0 Å². The maximum Gasteiger partial charge on any atom is 0.223 e. The van der Waals surface area contributed by atoms with E-state index in [1.54, 1.807) is 28.0 Å². The van der Waals surface area contributed by atoms with Gasteiger partial charge in [-0.3, -0.25) is 4.79 Å². The van der Waals surface area contributed by atoms with Gasteiger partial charge in [0.25, 0.3) is 0 Å². The van der Waals surface area contributed by atoms with E-state index in [2.05, 4.69) is 11.8 Å². The highest BCUT2D eigenvalue weighted by atomic mass is 32.2. The van der Waals surface area contributed by atoms with Crippen molar-refractivity contribution in [2.24, 2.45) is 0 Å². The van der Waals surface area contributed by atoms with E-state index in [0.717, 1.165) is 16.2 Å². The van der Waals surface area contributed by atoms with Crippen molar-refractivity contribution in [3.63, 3.8) is 0 Å². The largest absolute Gasteiger partial charge is 0.395 e. The summed E-state index contributed by atoms with van der Waals surface area (Å²) in [5, 5.41) is 10.7. The Morgan fingerprint density at radius 1 is 1.58 bits per heavy atom. The first-order valence-electron chi connectivity index (χ1n) is 6.07. The lowest BCUT2D eigenvalue weighted by Crippen LogP contribution is -2.26. The Kier molecular flexibility index (Phi) is 7.65. The Morgan fingerprint density at radius 2 is 2.37 bits per heavy atom. The first kappa shape index (κ1) is 16.1. The lowest BCUT2D eigenvalue weighted by atomic mass is 10.2. The molecular weight excluding hydrogens is 278 g/mol. The van der Waals surface area contributed by atoms with Gasteiger partial charge >= 0.3 is 0 Å². The zero-order valence-corrected chi connectivity index (χ0v) is 12.9. The quantitative estimate of drug-likeness (QED) is 0.818. The molecule has 19 heavy (non-hydrogen) atoms. The molecular formula is C14H19NO2S2. The van der Waals surface area contributed by atoms with E-state index in [1.807, 2.05) is 24.7 Å². The first-order chi connectivity index (χ1) is 9.17. The van der Waals surface area contributed by atoms with Gasteiger partial charge in [-0.05, 0) is 23.3 Å². The third kappa shape index (κ3) is 6.15. The van der Waals surface area contributed by atoms with Gasteiger partial charge in [-0.1, -0.05) is 11.8 Å². The second-order valence-electron chi connectivity index (χ2n) is 4.09. The van der Waals surface area contributed by atoms with Gasteiger partial charge in [-0.2, -0.15) is 11.8 Å². The predicted octanol–water partition coefficient (Wildman–Crippen LogP) is 2.19. The van der Waals surface area contributed by atoms with E-state index in [9.17, 15) is 4.79 Å². The maximum atomic E-state index is 11.8. The van der Waals surface area contributed by atoms with Gasteiger partial charge in [0, 0.05) is 32.2 Å². The molecule has 0 aliphatic heterocycles. The SMILES string of the molecule is CSCCC(=O)N(C)Cc1csc(C#CCCO)c1. The summed E-state index contributed by atoms with van der Waals surface area (Å²) in [5.41, 5.74) is 1.11. The summed E-state index contributed by atoms with van der Waals surface area (Å²) >= 11 is 3.26. The lowest BCUT2D eigenvalue weighted by Gasteiger charge is -2.15. The van der Waals surface area contributed by atoms with E-state index in [0.29, 0.717) is 19.4 Å². The van der Waals surface area contributed by atoms with Crippen LogP contribution in [-0.2, 0) is 11.3 Å². The van der Waals surface area contributed by atoms with Gasteiger partial charge in [0.1, 0.15) is 0 Å². The number of thioether (sulfide) groups is 1. The molecule has 104 valence electrons. The van der Waals surface area contributed by atoms with Gasteiger partial charge in [-0.25, -0.2) is 0 Å². The van der Waals surface area contributed by atoms with Gasteiger partial charge in [0.15, 0.2) is 0 Å². The molecule has 0 saturated carbocycles. The molecule has 0 spiro atoms. The molecule has 1 rings (SSSR count). The van der Waals surface area contributed by atoms with E-state index in [-0.39, 0.29) is 12.5 Å². The van der Waals surface area contributed by atoms with Crippen LogP contribution in [0.3, 0.4) is 0 Å². The summed E-state index contributed by atoms with van der Waals surface area (Å²) in [5.74, 6) is 6.94. The molecule has 0 fully saturated rings. The minimum absolute atomic E-state index is 0.0952. The van der Waals surface area contributed by atoms with Crippen LogP contribution in [0.4, 0.5) is 0 Å². The smallest absolute Gasteiger partial charge is 0.223 e. The third-order valence-electron chi connectivity index (χ3n) is 2.47. The van der Waals surface area contributed by atoms with Crippen LogP contribution in [0.1, 0.15) is 23.3 Å². The van der Waals surface area contributed by atoms with Crippen LogP contribution in [0.5, 0.6) is 0 Å². The fourth-order valence-electron chi connectivity index (χ4n) is 1.47. The average molecular weight is 297 g/mol. The van der Waals surface area contributed by atoms with Crippen LogP contribution < -0.4 is 0 Å². The summed E-state index contributed by atoms with van der Waals surface area (Å²) in [6.45, 7) is 0.726. The minimum atomic E-state index is 0.0952. The monoisotopic (exact) mass is 297 g/mol. The number of carbonyl (C=O) groups excluding carboxylic acids is 1. The van der Waals surface area contributed by atoms with Crippen molar-refractivity contribution >= 4 is 29.0 Å². The highest BCUT2D eigenvalue weighted by molar-refractivity contribution is 7.98. The summed E-state index contributed by atoms with van der Waals surface area (Å²) in [7, 11) is 1.83. The molecule has 0 aliphatic carbocycles. The number of nitrogens with zero attached hydrogens (tertiary/aromatic N) is 1. The molecule has 1 aromatic rings. The molecule has 0 aromatic carbocycles. The first-order valence-corrected chi connectivity index (χ1v) is 8.34. The van der Waals surface area contributed by atoms with Crippen LogP contribution in [0.25, 0.3) is 0 Å². The van der Waals surface area contributed by atoms with Crippen molar-refractivity contribution in [2.75, 3.05) is 25.7 Å². The molecule has 3 nitrogen and oxygen atoms in total. The number of carbonyl (C=O) groups is 1. The van der Waals surface area contributed by atoms with Crippen molar-refractivity contribution < 1.29 is 9.90 Å². The molecule has 0 aliphatic rings. The Balaban J connectivity index is 2.49. The van der Waals surface area contributed by atoms with Crippen LogP contribution in [0.2, 0.25) is 0 Å². The minimum Gasteiger partial charge on any atom is -0.395 e. The Hall–Kier alpha value is -0.960. The van der Waals surface area contributed by atoms with Gasteiger partial charge in [0.05, 0.1) is 11.5 Å². The zero-order chi connectivity index (χ0) is 14.1. The van der Waals surface area contributed by atoms with Crippen molar-refractivity contribution in [1.29, 1.82) is 0 Å². The molecule has 1 heterocycles. The number of hydrogen-bond donors (Lipinski definition) is 1. The number of aliphatic hydroxyl groups is 1. The molecule has 0 atom stereocenters. The highest BCUT2D eigenvalue weighted by Gasteiger charge is 2.09. The molecule has 5 heteroatoms. The van der Waals surface area contributed by atoms with E-state index in [4.69, 9.17) is 5.11 Å². The van der Waals surface area contributed by atoms with Crippen LogP contribution in [0.15, 0.2) is 11.4 Å². The molecule has 0 bridgehead atoms. The molecule has 0 saturated heterocycles. The van der Waals surface area contributed by atoms with Gasteiger partial charge in [-0.15, -0.1) is 11.3 Å². The Labute approximate surface area is 123 Å². The normalized spacial score (nSPS) is 9.84. The van der Waals surface area contributed by atoms with Crippen LogP contribution in [0, 0.1) is 11.8 Å². The number of aliphatic hydroxyl groups excluding tert-OH is 1. The van der Waals surface area contributed by atoms with Crippen molar-refractivity contribution in [3.8, 4) is 11.8 Å². The Morgan fingerprint density at radius 3 is 3.05 bits per heavy atom. The molecule has 0 unspecified atom stereocenters. The molecule has 0 radical (unpaired) electrons. The van der Waals surface area contributed by atoms with E-state index >= 15 is 0 Å². The summed E-state index contributed by atoms with van der Waals surface area (Å²) in [6.07, 6.45) is 3.09. The average Bonchev–Trinajstić information content (AvgIpc) is 2.83. The van der Waals surface area contributed by atoms with Crippen molar-refractivity contribution in [2.45, 2.75) is 19.4 Å². The Bertz CT molecular complexity index is 460. The summed E-state index contributed by atoms with van der Waals surface area (Å²) < 4.78 is 0. The summed E-state index contributed by atoms with van der Waals surface area (Å²) in [6, 6.07) is 2.01. The number of hydrogen-bond acceptors (Lipinski definition) is 4. The van der Waals surface area contributed by atoms with Crippen LogP contribution >= 0.6 is 23.1 Å². The maximum absolute atomic E-state index is 11.8. The second kappa shape index (κ2) is 9.03. The standard InChI is InChI=1S/C14H19NO2S2/c1-15(14(17)6-8-18-2)10-12-9-13(19-11-12)5-3-4-7-16/h9,11,16H,4,6-8,10H2,1-2H3. The number of rotatable bonds is 6. The lowest BCUT2D eigenvalue weighted by molar-refractivity contribution is -0.129. The molecule has 1 N–H and O–H groups in total. The molecule has 1 amide bonds. The topological polar surface area (TPSA) is 40.5 Å². The molecule has 1 aromatic heterocycles. The summed E-state index contributed by atoms with van der Waals surface area (Å²) in [4.78, 5) is 14.5. The zero-order valence-electron chi connectivity index (χ0n) is 11.3. The fraction of sp³-hybridized carbons (Fsp3) is 0.500. The van der Waals surface area contributed by atoms with Crippen LogP contribution in [-0.4, -0.2) is 41.6 Å². The third-order valence-corrected chi connectivity index (χ3v) is 3.97. The van der Waals surface area contributed by atoms with Crippen molar-refractivity contribution in [3.05, 3.63) is 21.9 Å². The van der Waals surface area contributed by atoms with Gasteiger partial charge < -0.3 is 10.0 Å². The number of amides is 1. The second-order valence-corrected chi connectivity index (χ2v) is 5.98.